The molecule has 0 heterocycles. The third-order valence-corrected chi connectivity index (χ3v) is 2.08. The molecule has 1 unspecified atom stereocenters. The molecule has 0 saturated carbocycles. The van der Waals surface area contributed by atoms with Gasteiger partial charge in [0.2, 0.25) is 0 Å². The standard InChI is InChI=1S/C10H13FINO/c1-7-2-8(5-13)4-9(3-7)14-6-10(11)12/h2-4,10H,5-6,13H2,1H3. The molecule has 2 N–H and O–H groups in total. The van der Waals surface area contributed by atoms with Gasteiger partial charge in [-0.1, -0.05) is 6.07 Å². The molecule has 14 heavy (non-hydrogen) atoms. The van der Waals surface area contributed by atoms with Crippen LogP contribution >= 0.6 is 22.6 Å². The molecule has 0 spiro atoms. The molecule has 0 radical (unpaired) electrons. The van der Waals surface area contributed by atoms with Crippen molar-refractivity contribution in [3.05, 3.63) is 29.3 Å². The lowest BCUT2D eigenvalue weighted by molar-refractivity contribution is 0.262. The van der Waals surface area contributed by atoms with E-state index in [1.54, 1.807) is 22.6 Å². The van der Waals surface area contributed by atoms with Gasteiger partial charge in [-0.2, -0.15) is 0 Å². The van der Waals surface area contributed by atoms with E-state index < -0.39 is 4.18 Å². The average molecular weight is 309 g/mol. The summed E-state index contributed by atoms with van der Waals surface area (Å²) in [5.41, 5.74) is 7.59. The molecule has 0 aliphatic heterocycles. The van der Waals surface area contributed by atoms with Gasteiger partial charge in [-0.25, -0.2) is 4.39 Å². The predicted octanol–water partition coefficient (Wildman–Crippen LogP) is 2.56. The van der Waals surface area contributed by atoms with Crippen LogP contribution in [0.2, 0.25) is 0 Å². The molecule has 2 nitrogen and oxygen atoms in total. The lowest BCUT2D eigenvalue weighted by Gasteiger charge is -2.08. The zero-order valence-corrected chi connectivity index (χ0v) is 10.1. The first-order valence-electron chi connectivity index (χ1n) is 4.33. The molecule has 0 saturated heterocycles. The van der Waals surface area contributed by atoms with Crippen LogP contribution < -0.4 is 10.5 Å². The van der Waals surface area contributed by atoms with Gasteiger partial charge in [0.1, 0.15) is 12.4 Å². The summed E-state index contributed by atoms with van der Waals surface area (Å²) in [5, 5.41) is 0. The Balaban J connectivity index is 2.71. The van der Waals surface area contributed by atoms with Gasteiger partial charge in [-0.3, -0.25) is 0 Å². The highest BCUT2D eigenvalue weighted by atomic mass is 127. The highest BCUT2D eigenvalue weighted by Gasteiger charge is 2.02. The van der Waals surface area contributed by atoms with Crippen molar-refractivity contribution in [2.75, 3.05) is 6.61 Å². The number of benzene rings is 1. The lowest BCUT2D eigenvalue weighted by Crippen LogP contribution is -2.06. The van der Waals surface area contributed by atoms with E-state index in [4.69, 9.17) is 10.5 Å². The van der Waals surface area contributed by atoms with Gasteiger partial charge < -0.3 is 10.5 Å². The second-order valence-corrected chi connectivity index (χ2v) is 4.41. The van der Waals surface area contributed by atoms with Crippen LogP contribution in [0.25, 0.3) is 0 Å². The van der Waals surface area contributed by atoms with Gasteiger partial charge >= 0.3 is 0 Å². The highest BCUT2D eigenvalue weighted by molar-refractivity contribution is 14.1. The monoisotopic (exact) mass is 309 g/mol. The summed E-state index contributed by atoms with van der Waals surface area (Å²) in [4.78, 5) is 0. The normalized spacial score (nSPS) is 12.6. The molecule has 0 aliphatic carbocycles. The van der Waals surface area contributed by atoms with Gasteiger partial charge in [-0.15, -0.1) is 0 Å². The first-order chi connectivity index (χ1) is 6.61. The van der Waals surface area contributed by atoms with Crippen molar-refractivity contribution < 1.29 is 9.13 Å². The van der Waals surface area contributed by atoms with Crippen LogP contribution in [0.15, 0.2) is 18.2 Å². The Bertz CT molecular complexity index is 304. The second kappa shape index (κ2) is 5.50. The topological polar surface area (TPSA) is 35.2 Å². The SMILES string of the molecule is Cc1cc(CN)cc(OCC(F)I)c1. The van der Waals surface area contributed by atoms with Gasteiger partial charge in [0.05, 0.1) is 0 Å². The number of rotatable bonds is 4. The van der Waals surface area contributed by atoms with Crippen molar-refractivity contribution in [3.63, 3.8) is 0 Å². The number of alkyl halides is 2. The maximum Gasteiger partial charge on any atom is 0.184 e. The van der Waals surface area contributed by atoms with E-state index in [9.17, 15) is 4.39 Å². The molecule has 1 aromatic rings. The molecule has 1 rings (SSSR count). The number of ether oxygens (including phenoxy) is 1. The Hall–Kier alpha value is -0.360. The van der Waals surface area contributed by atoms with Crippen LogP contribution in [0.4, 0.5) is 4.39 Å². The summed E-state index contributed by atoms with van der Waals surface area (Å²) >= 11 is 1.68. The Morgan fingerprint density at radius 2 is 2.21 bits per heavy atom. The second-order valence-electron chi connectivity index (χ2n) is 3.06. The number of aryl methyl sites for hydroxylation is 1. The van der Waals surface area contributed by atoms with Crippen LogP contribution in [0.5, 0.6) is 5.75 Å². The van der Waals surface area contributed by atoms with Crippen molar-refractivity contribution in [2.45, 2.75) is 17.6 Å². The molecular formula is C10H13FINO. The minimum absolute atomic E-state index is 0.0774. The molecule has 78 valence electrons. The minimum Gasteiger partial charge on any atom is -0.490 e. The van der Waals surface area contributed by atoms with Crippen molar-refractivity contribution in [2.24, 2.45) is 5.73 Å². The van der Waals surface area contributed by atoms with E-state index in [1.165, 1.54) is 0 Å². The Labute approximate surface area is 96.8 Å². The quantitative estimate of drug-likeness (QED) is 0.685. The van der Waals surface area contributed by atoms with Crippen LogP contribution in [0.1, 0.15) is 11.1 Å². The molecular weight excluding hydrogens is 296 g/mol. The van der Waals surface area contributed by atoms with Crippen LogP contribution in [0, 0.1) is 6.92 Å². The maximum atomic E-state index is 12.5. The summed E-state index contributed by atoms with van der Waals surface area (Å²) in [5.74, 6) is 0.685. The van der Waals surface area contributed by atoms with E-state index in [-0.39, 0.29) is 6.61 Å². The summed E-state index contributed by atoms with van der Waals surface area (Å²) in [7, 11) is 0. The van der Waals surface area contributed by atoms with Gasteiger partial charge in [0.25, 0.3) is 0 Å². The zero-order chi connectivity index (χ0) is 10.6. The zero-order valence-electron chi connectivity index (χ0n) is 7.97. The fraction of sp³-hybridized carbons (Fsp3) is 0.400. The number of hydrogen-bond acceptors (Lipinski definition) is 2. The Morgan fingerprint density at radius 1 is 1.50 bits per heavy atom. The molecule has 1 aromatic carbocycles. The van der Waals surface area contributed by atoms with E-state index in [2.05, 4.69) is 0 Å². The molecule has 0 amide bonds. The summed E-state index contributed by atoms with van der Waals surface area (Å²) in [6.45, 7) is 2.51. The van der Waals surface area contributed by atoms with E-state index in [0.717, 1.165) is 11.1 Å². The van der Waals surface area contributed by atoms with Crippen molar-refractivity contribution in [1.29, 1.82) is 0 Å². The molecule has 1 atom stereocenters. The van der Waals surface area contributed by atoms with Gasteiger partial charge in [-0.05, 0) is 52.8 Å². The fourth-order valence-electron chi connectivity index (χ4n) is 1.18. The third kappa shape index (κ3) is 3.79. The van der Waals surface area contributed by atoms with Crippen molar-refractivity contribution >= 4 is 22.6 Å². The number of halogens is 2. The number of hydrogen-bond donors (Lipinski definition) is 1. The molecule has 4 heteroatoms. The molecule has 0 aliphatic rings. The van der Waals surface area contributed by atoms with Gasteiger partial charge in [0, 0.05) is 6.54 Å². The first kappa shape index (κ1) is 11.7. The van der Waals surface area contributed by atoms with Crippen LogP contribution in [-0.2, 0) is 6.54 Å². The fourth-order valence-corrected chi connectivity index (χ4v) is 1.36. The minimum atomic E-state index is -0.977. The van der Waals surface area contributed by atoms with Crippen molar-refractivity contribution in [1.82, 2.24) is 0 Å². The molecule has 0 aromatic heterocycles. The van der Waals surface area contributed by atoms with E-state index >= 15 is 0 Å². The van der Waals surface area contributed by atoms with E-state index in [0.29, 0.717) is 12.3 Å². The van der Waals surface area contributed by atoms with Crippen molar-refractivity contribution in [3.8, 4) is 5.75 Å². The predicted molar refractivity (Wildman–Crippen MR) is 63.5 cm³/mol. The molecule has 0 fully saturated rings. The summed E-state index contributed by atoms with van der Waals surface area (Å²) in [6, 6.07) is 5.70. The maximum absolute atomic E-state index is 12.5. The lowest BCUT2D eigenvalue weighted by atomic mass is 10.1. The highest BCUT2D eigenvalue weighted by Crippen LogP contribution is 2.17. The Kier molecular flexibility index (Phi) is 4.60. The summed E-state index contributed by atoms with van der Waals surface area (Å²) < 4.78 is 16.8. The average Bonchev–Trinajstić information content (AvgIpc) is 2.14. The van der Waals surface area contributed by atoms with Crippen LogP contribution in [-0.4, -0.2) is 10.8 Å². The largest absolute Gasteiger partial charge is 0.490 e. The van der Waals surface area contributed by atoms with E-state index in [1.807, 2.05) is 25.1 Å². The van der Waals surface area contributed by atoms with Gasteiger partial charge in [0.15, 0.2) is 4.18 Å². The molecule has 0 bridgehead atoms. The Morgan fingerprint density at radius 3 is 2.79 bits per heavy atom. The first-order valence-corrected chi connectivity index (χ1v) is 5.58. The van der Waals surface area contributed by atoms with Crippen LogP contribution in [0.3, 0.4) is 0 Å². The smallest absolute Gasteiger partial charge is 0.184 e. The third-order valence-electron chi connectivity index (χ3n) is 1.72. The summed E-state index contributed by atoms with van der Waals surface area (Å²) in [6.07, 6.45) is 0. The number of nitrogens with two attached hydrogens (primary N) is 1.